The Balaban J connectivity index is 1.57. The van der Waals surface area contributed by atoms with E-state index in [1.54, 1.807) is 0 Å². The maximum Gasteiger partial charge on any atom is 0.129 e. The van der Waals surface area contributed by atoms with Crippen molar-refractivity contribution in [3.8, 4) is 0 Å². The molecule has 0 saturated heterocycles. The van der Waals surface area contributed by atoms with Crippen LogP contribution in [0.5, 0.6) is 0 Å². The zero-order valence-corrected chi connectivity index (χ0v) is 11.3. The summed E-state index contributed by atoms with van der Waals surface area (Å²) >= 11 is 0. The molecule has 1 saturated carbocycles. The fourth-order valence-electron chi connectivity index (χ4n) is 1.64. The molecule has 1 aliphatic rings. The van der Waals surface area contributed by atoms with Crippen molar-refractivity contribution >= 4 is 0 Å². The van der Waals surface area contributed by atoms with Crippen LogP contribution in [-0.4, -0.2) is 25.4 Å². The summed E-state index contributed by atoms with van der Waals surface area (Å²) in [7, 11) is 0. The van der Waals surface area contributed by atoms with Crippen LogP contribution in [-0.2, 0) is 22.6 Å². The molecule has 4 heteroatoms. The van der Waals surface area contributed by atoms with Gasteiger partial charge in [-0.15, -0.1) is 0 Å². The molecular weight excluding hydrogens is 230 g/mol. The third-order valence-corrected chi connectivity index (χ3v) is 2.78. The first-order valence-corrected chi connectivity index (χ1v) is 6.74. The van der Waals surface area contributed by atoms with Crippen molar-refractivity contribution < 1.29 is 13.9 Å². The van der Waals surface area contributed by atoms with Gasteiger partial charge < -0.3 is 19.2 Å². The molecule has 0 unspecified atom stereocenters. The van der Waals surface area contributed by atoms with Gasteiger partial charge in [-0.25, -0.2) is 0 Å². The predicted molar refractivity (Wildman–Crippen MR) is 69.3 cm³/mol. The van der Waals surface area contributed by atoms with Crippen LogP contribution >= 0.6 is 0 Å². The predicted octanol–water partition coefficient (Wildman–Crippen LogP) is 2.47. The van der Waals surface area contributed by atoms with Crippen LogP contribution in [0.4, 0.5) is 0 Å². The summed E-state index contributed by atoms with van der Waals surface area (Å²) in [6, 6.07) is 4.70. The number of nitrogens with one attached hydrogen (secondary N) is 1. The summed E-state index contributed by atoms with van der Waals surface area (Å²) in [6.45, 7) is 6.62. The normalized spacial score (nSPS) is 15.5. The van der Waals surface area contributed by atoms with Crippen molar-refractivity contribution in [2.75, 3.05) is 13.2 Å². The first-order chi connectivity index (χ1) is 8.74. The van der Waals surface area contributed by atoms with Gasteiger partial charge in [0.2, 0.25) is 0 Å². The molecule has 1 heterocycles. The van der Waals surface area contributed by atoms with Gasteiger partial charge in [-0.05, 0) is 38.8 Å². The molecule has 18 heavy (non-hydrogen) atoms. The van der Waals surface area contributed by atoms with Crippen molar-refractivity contribution in [2.24, 2.45) is 0 Å². The molecule has 0 radical (unpaired) electrons. The van der Waals surface area contributed by atoms with Gasteiger partial charge >= 0.3 is 0 Å². The van der Waals surface area contributed by atoms with E-state index in [1.165, 1.54) is 12.8 Å². The standard InChI is InChI=1S/C14H23NO3/c1-11(2)17-8-7-16-10-14-6-5-13(18-14)9-15-12-3-4-12/h5-6,11-12,15H,3-4,7-10H2,1-2H3. The van der Waals surface area contributed by atoms with Crippen molar-refractivity contribution in [3.05, 3.63) is 23.7 Å². The average molecular weight is 253 g/mol. The van der Waals surface area contributed by atoms with Gasteiger partial charge in [0.15, 0.2) is 0 Å². The summed E-state index contributed by atoms with van der Waals surface area (Å²) in [5.74, 6) is 1.87. The molecule has 102 valence electrons. The molecule has 4 nitrogen and oxygen atoms in total. The van der Waals surface area contributed by atoms with E-state index >= 15 is 0 Å². The minimum atomic E-state index is 0.261. The lowest BCUT2D eigenvalue weighted by molar-refractivity contribution is 0.0101. The Hall–Kier alpha value is -0.840. The second kappa shape index (κ2) is 6.92. The first kappa shape index (κ1) is 13.6. The monoisotopic (exact) mass is 253 g/mol. The van der Waals surface area contributed by atoms with E-state index in [0.29, 0.717) is 25.9 Å². The fraction of sp³-hybridized carbons (Fsp3) is 0.714. The van der Waals surface area contributed by atoms with Crippen LogP contribution in [0.2, 0.25) is 0 Å². The van der Waals surface area contributed by atoms with E-state index < -0.39 is 0 Å². The molecule has 0 spiro atoms. The molecule has 0 aromatic carbocycles. The lowest BCUT2D eigenvalue weighted by atomic mass is 10.4. The minimum Gasteiger partial charge on any atom is -0.462 e. The van der Waals surface area contributed by atoms with Gasteiger partial charge in [-0.1, -0.05) is 0 Å². The summed E-state index contributed by atoms with van der Waals surface area (Å²) in [4.78, 5) is 0. The molecule has 1 fully saturated rings. The Morgan fingerprint density at radius 3 is 2.78 bits per heavy atom. The average Bonchev–Trinajstić information content (AvgIpc) is 3.06. The molecule has 0 atom stereocenters. The Kier molecular flexibility index (Phi) is 5.23. The second-order valence-electron chi connectivity index (χ2n) is 5.00. The lowest BCUT2D eigenvalue weighted by Crippen LogP contribution is -2.14. The zero-order valence-electron chi connectivity index (χ0n) is 11.3. The molecule has 0 aliphatic heterocycles. The molecular formula is C14H23NO3. The molecule has 0 amide bonds. The van der Waals surface area contributed by atoms with Crippen molar-refractivity contribution in [1.82, 2.24) is 5.32 Å². The molecule has 1 N–H and O–H groups in total. The van der Waals surface area contributed by atoms with Gasteiger partial charge in [0.25, 0.3) is 0 Å². The third-order valence-electron chi connectivity index (χ3n) is 2.78. The van der Waals surface area contributed by atoms with Gasteiger partial charge in [0.1, 0.15) is 18.1 Å². The topological polar surface area (TPSA) is 43.6 Å². The van der Waals surface area contributed by atoms with E-state index in [9.17, 15) is 0 Å². The summed E-state index contributed by atoms with van der Waals surface area (Å²) in [6.07, 6.45) is 2.86. The number of hydrogen-bond acceptors (Lipinski definition) is 4. The Bertz CT molecular complexity index is 345. The maximum atomic E-state index is 5.66. The Morgan fingerprint density at radius 1 is 1.28 bits per heavy atom. The second-order valence-corrected chi connectivity index (χ2v) is 5.00. The number of rotatable bonds is 9. The minimum absolute atomic E-state index is 0.261. The highest BCUT2D eigenvalue weighted by molar-refractivity contribution is 5.06. The van der Waals surface area contributed by atoms with E-state index in [0.717, 1.165) is 18.1 Å². The number of hydrogen-bond donors (Lipinski definition) is 1. The molecule has 2 rings (SSSR count). The van der Waals surface area contributed by atoms with Gasteiger partial charge in [-0.3, -0.25) is 0 Å². The SMILES string of the molecule is CC(C)OCCOCc1ccc(CNC2CC2)o1. The van der Waals surface area contributed by atoms with E-state index in [1.807, 2.05) is 26.0 Å². The van der Waals surface area contributed by atoms with Gasteiger partial charge in [-0.2, -0.15) is 0 Å². The van der Waals surface area contributed by atoms with E-state index in [-0.39, 0.29) is 6.10 Å². The van der Waals surface area contributed by atoms with Crippen molar-refractivity contribution in [2.45, 2.75) is 52.0 Å². The third kappa shape index (κ3) is 5.21. The number of ether oxygens (including phenoxy) is 2. The molecule has 0 bridgehead atoms. The quantitative estimate of drug-likeness (QED) is 0.687. The van der Waals surface area contributed by atoms with E-state index in [2.05, 4.69) is 5.32 Å². The highest BCUT2D eigenvalue weighted by Crippen LogP contribution is 2.19. The largest absolute Gasteiger partial charge is 0.462 e. The van der Waals surface area contributed by atoms with Gasteiger partial charge in [0, 0.05) is 6.04 Å². The smallest absolute Gasteiger partial charge is 0.129 e. The van der Waals surface area contributed by atoms with Crippen molar-refractivity contribution in [3.63, 3.8) is 0 Å². The summed E-state index contributed by atoms with van der Waals surface area (Å²) in [5, 5.41) is 3.42. The highest BCUT2D eigenvalue weighted by atomic mass is 16.5. The first-order valence-electron chi connectivity index (χ1n) is 6.74. The summed E-state index contributed by atoms with van der Waals surface area (Å²) < 4.78 is 16.5. The van der Waals surface area contributed by atoms with Gasteiger partial charge in [0.05, 0.1) is 25.9 Å². The fourth-order valence-corrected chi connectivity index (χ4v) is 1.64. The lowest BCUT2D eigenvalue weighted by Gasteiger charge is -2.07. The zero-order chi connectivity index (χ0) is 12.8. The molecule has 1 aromatic heterocycles. The molecule has 1 aliphatic carbocycles. The Labute approximate surface area is 109 Å². The van der Waals surface area contributed by atoms with Crippen LogP contribution in [0.25, 0.3) is 0 Å². The number of furan rings is 1. The van der Waals surface area contributed by atoms with Crippen LogP contribution < -0.4 is 5.32 Å². The summed E-state index contributed by atoms with van der Waals surface area (Å²) in [5.41, 5.74) is 0. The Morgan fingerprint density at radius 2 is 2.06 bits per heavy atom. The van der Waals surface area contributed by atoms with E-state index in [4.69, 9.17) is 13.9 Å². The maximum absolute atomic E-state index is 5.66. The van der Waals surface area contributed by atoms with Crippen LogP contribution in [0, 0.1) is 0 Å². The highest BCUT2D eigenvalue weighted by Gasteiger charge is 2.20. The van der Waals surface area contributed by atoms with Crippen molar-refractivity contribution in [1.29, 1.82) is 0 Å². The van der Waals surface area contributed by atoms with Crippen LogP contribution in [0.15, 0.2) is 16.5 Å². The van der Waals surface area contributed by atoms with Crippen LogP contribution in [0.1, 0.15) is 38.2 Å². The molecule has 1 aromatic rings. The van der Waals surface area contributed by atoms with Crippen LogP contribution in [0.3, 0.4) is 0 Å².